The maximum absolute atomic E-state index is 12.5. The molecule has 0 radical (unpaired) electrons. The summed E-state index contributed by atoms with van der Waals surface area (Å²) in [6.45, 7) is 5.16. The molecular formula is C16H22N6O. The number of nitrogens with zero attached hydrogens (tertiary/aromatic N) is 5. The smallest absolute Gasteiger partial charge is 0.242 e. The van der Waals surface area contributed by atoms with Crippen LogP contribution in [0, 0.1) is 6.92 Å². The minimum Gasteiger partial charge on any atom is -0.351 e. The topological polar surface area (TPSA) is 75.9 Å². The van der Waals surface area contributed by atoms with Crippen molar-refractivity contribution in [1.29, 1.82) is 0 Å². The summed E-state index contributed by atoms with van der Waals surface area (Å²) < 4.78 is 1.89. The van der Waals surface area contributed by atoms with Gasteiger partial charge in [-0.3, -0.25) is 4.79 Å². The van der Waals surface area contributed by atoms with Crippen molar-refractivity contribution < 1.29 is 4.79 Å². The van der Waals surface area contributed by atoms with E-state index in [0.717, 1.165) is 25.1 Å². The Hall–Kier alpha value is -2.44. The van der Waals surface area contributed by atoms with Gasteiger partial charge in [0.25, 0.3) is 0 Å². The number of hydrogen-bond donors (Lipinski definition) is 1. The Morgan fingerprint density at radius 2 is 2.17 bits per heavy atom. The van der Waals surface area contributed by atoms with E-state index in [1.54, 1.807) is 31.0 Å². The number of imidazole rings is 1. The molecule has 7 heteroatoms. The highest BCUT2D eigenvalue weighted by Gasteiger charge is 2.29. The van der Waals surface area contributed by atoms with Gasteiger partial charge < -0.3 is 14.8 Å². The molecule has 122 valence electrons. The minimum atomic E-state index is 0.146. The number of amides is 1. The highest BCUT2D eigenvalue weighted by molar-refractivity contribution is 5.76. The fourth-order valence-corrected chi connectivity index (χ4v) is 3.02. The second kappa shape index (κ2) is 6.76. The number of aryl methyl sites for hydroxylation is 1. The Bertz CT molecular complexity index is 656. The molecule has 0 spiro atoms. The van der Waals surface area contributed by atoms with E-state index in [4.69, 9.17) is 0 Å². The Kier molecular flexibility index (Phi) is 4.55. The predicted molar refractivity (Wildman–Crippen MR) is 86.8 cm³/mol. The molecule has 7 nitrogen and oxygen atoms in total. The maximum atomic E-state index is 12.5. The van der Waals surface area contributed by atoms with Gasteiger partial charge in [0.2, 0.25) is 11.9 Å². The molecule has 2 aromatic heterocycles. The lowest BCUT2D eigenvalue weighted by molar-refractivity contribution is -0.135. The SMILES string of the molecule is Cc1cncn1CC(=O)N1CC[C@H](Nc2ncccn2)C[C@H]1C. The molecular weight excluding hydrogens is 292 g/mol. The number of carbonyl (C=O) groups is 1. The van der Waals surface area contributed by atoms with Gasteiger partial charge in [-0.2, -0.15) is 0 Å². The van der Waals surface area contributed by atoms with Crippen LogP contribution in [0.5, 0.6) is 0 Å². The van der Waals surface area contributed by atoms with Crippen LogP contribution in [0.1, 0.15) is 25.5 Å². The first-order valence-corrected chi connectivity index (χ1v) is 7.93. The predicted octanol–water partition coefficient (Wildman–Crippen LogP) is 1.47. The van der Waals surface area contributed by atoms with Crippen molar-refractivity contribution in [3.63, 3.8) is 0 Å². The number of rotatable bonds is 4. The summed E-state index contributed by atoms with van der Waals surface area (Å²) in [4.78, 5) is 27.0. The Morgan fingerprint density at radius 1 is 1.39 bits per heavy atom. The Morgan fingerprint density at radius 3 is 2.83 bits per heavy atom. The largest absolute Gasteiger partial charge is 0.351 e. The van der Waals surface area contributed by atoms with Crippen molar-refractivity contribution in [2.45, 2.75) is 45.3 Å². The number of anilines is 1. The van der Waals surface area contributed by atoms with Gasteiger partial charge in [-0.25, -0.2) is 15.0 Å². The third kappa shape index (κ3) is 3.67. The number of carbonyl (C=O) groups excluding carboxylic acids is 1. The standard InChI is InChI=1S/C16H22N6O/c1-12-8-14(20-16-18-5-3-6-19-16)4-7-22(12)15(23)10-21-11-17-9-13(21)2/h3,5-6,9,11-12,14H,4,7-8,10H2,1-2H3,(H,18,19,20)/t12-,14+/m1/s1. The lowest BCUT2D eigenvalue weighted by atomic mass is 9.98. The van der Waals surface area contributed by atoms with E-state index in [1.807, 2.05) is 16.4 Å². The number of piperidine rings is 1. The Balaban J connectivity index is 1.56. The molecule has 3 rings (SSSR count). The van der Waals surface area contributed by atoms with Crippen molar-refractivity contribution >= 4 is 11.9 Å². The van der Waals surface area contributed by atoms with Gasteiger partial charge in [0.05, 0.1) is 6.33 Å². The maximum Gasteiger partial charge on any atom is 0.242 e. The summed E-state index contributed by atoms with van der Waals surface area (Å²) in [5, 5.41) is 3.35. The molecule has 1 aliphatic heterocycles. The van der Waals surface area contributed by atoms with Crippen LogP contribution < -0.4 is 5.32 Å². The first-order valence-electron chi connectivity index (χ1n) is 7.93. The van der Waals surface area contributed by atoms with Crippen LogP contribution in [-0.2, 0) is 11.3 Å². The normalized spacial score (nSPS) is 21.2. The van der Waals surface area contributed by atoms with Crippen LogP contribution in [-0.4, -0.2) is 49.0 Å². The van der Waals surface area contributed by atoms with Crippen molar-refractivity contribution in [3.05, 3.63) is 36.7 Å². The van der Waals surface area contributed by atoms with Crippen molar-refractivity contribution in [1.82, 2.24) is 24.4 Å². The van der Waals surface area contributed by atoms with Gasteiger partial charge in [-0.15, -0.1) is 0 Å². The second-order valence-electron chi connectivity index (χ2n) is 6.04. The summed E-state index contributed by atoms with van der Waals surface area (Å²) in [6.07, 6.45) is 8.73. The van der Waals surface area contributed by atoms with E-state index in [-0.39, 0.29) is 11.9 Å². The quantitative estimate of drug-likeness (QED) is 0.925. The molecule has 2 aromatic rings. The summed E-state index contributed by atoms with van der Waals surface area (Å²) in [5.74, 6) is 0.798. The fourth-order valence-electron chi connectivity index (χ4n) is 3.02. The number of likely N-dealkylation sites (tertiary alicyclic amines) is 1. The van der Waals surface area contributed by atoms with Crippen molar-refractivity contribution in [3.8, 4) is 0 Å². The zero-order valence-electron chi connectivity index (χ0n) is 13.5. The molecule has 0 aromatic carbocycles. The molecule has 1 fully saturated rings. The number of nitrogens with one attached hydrogen (secondary N) is 1. The van der Waals surface area contributed by atoms with E-state index in [9.17, 15) is 4.79 Å². The Labute approximate surface area is 135 Å². The van der Waals surface area contributed by atoms with E-state index in [0.29, 0.717) is 18.5 Å². The first kappa shape index (κ1) is 15.5. The molecule has 1 saturated heterocycles. The van der Waals surface area contributed by atoms with Gasteiger partial charge in [0.1, 0.15) is 6.54 Å². The molecule has 1 aliphatic rings. The van der Waals surface area contributed by atoms with Gasteiger partial charge in [-0.05, 0) is 32.8 Å². The van der Waals surface area contributed by atoms with Gasteiger partial charge in [0.15, 0.2) is 0 Å². The summed E-state index contributed by atoms with van der Waals surface area (Å²) in [6, 6.07) is 2.29. The van der Waals surface area contributed by atoms with Gasteiger partial charge >= 0.3 is 0 Å². The van der Waals surface area contributed by atoms with E-state index in [1.165, 1.54) is 0 Å². The monoisotopic (exact) mass is 314 g/mol. The van der Waals surface area contributed by atoms with Crippen LogP contribution in [0.25, 0.3) is 0 Å². The number of aromatic nitrogens is 4. The molecule has 3 heterocycles. The van der Waals surface area contributed by atoms with Crippen LogP contribution in [0.3, 0.4) is 0 Å². The molecule has 0 bridgehead atoms. The summed E-state index contributed by atoms with van der Waals surface area (Å²) >= 11 is 0. The lowest BCUT2D eigenvalue weighted by Gasteiger charge is -2.38. The third-order valence-corrected chi connectivity index (χ3v) is 4.32. The molecule has 0 aliphatic carbocycles. The zero-order valence-corrected chi connectivity index (χ0v) is 13.5. The zero-order chi connectivity index (χ0) is 16.2. The molecule has 23 heavy (non-hydrogen) atoms. The first-order chi connectivity index (χ1) is 11.1. The lowest BCUT2D eigenvalue weighted by Crippen LogP contribution is -2.49. The summed E-state index contributed by atoms with van der Waals surface area (Å²) in [5.41, 5.74) is 1.00. The molecule has 0 unspecified atom stereocenters. The average Bonchev–Trinajstić information content (AvgIpc) is 2.93. The van der Waals surface area contributed by atoms with Crippen molar-refractivity contribution in [2.24, 2.45) is 0 Å². The summed E-state index contributed by atoms with van der Waals surface area (Å²) in [7, 11) is 0. The van der Waals surface area contributed by atoms with Gasteiger partial charge in [0, 0.05) is 42.9 Å². The molecule has 1 N–H and O–H groups in total. The highest BCUT2D eigenvalue weighted by atomic mass is 16.2. The van der Waals surface area contributed by atoms with Crippen LogP contribution >= 0.6 is 0 Å². The van der Waals surface area contributed by atoms with Crippen LogP contribution in [0.4, 0.5) is 5.95 Å². The minimum absolute atomic E-state index is 0.146. The van der Waals surface area contributed by atoms with E-state index < -0.39 is 0 Å². The highest BCUT2D eigenvalue weighted by Crippen LogP contribution is 2.20. The second-order valence-corrected chi connectivity index (χ2v) is 6.04. The molecule has 1 amide bonds. The number of hydrogen-bond acceptors (Lipinski definition) is 5. The molecule has 0 saturated carbocycles. The van der Waals surface area contributed by atoms with E-state index >= 15 is 0 Å². The molecule has 2 atom stereocenters. The third-order valence-electron chi connectivity index (χ3n) is 4.32. The van der Waals surface area contributed by atoms with E-state index in [2.05, 4.69) is 27.2 Å². The average molecular weight is 314 g/mol. The fraction of sp³-hybridized carbons (Fsp3) is 0.500. The van der Waals surface area contributed by atoms with Crippen LogP contribution in [0.15, 0.2) is 31.0 Å². The van der Waals surface area contributed by atoms with Crippen molar-refractivity contribution in [2.75, 3.05) is 11.9 Å². The van der Waals surface area contributed by atoms with Gasteiger partial charge in [-0.1, -0.05) is 0 Å². The van der Waals surface area contributed by atoms with Crippen LogP contribution in [0.2, 0.25) is 0 Å².